The summed E-state index contributed by atoms with van der Waals surface area (Å²) in [6.07, 6.45) is 0.104. The van der Waals surface area contributed by atoms with Gasteiger partial charge in [-0.3, -0.25) is 14.6 Å². The number of ether oxygens (including phenoxy) is 1. The van der Waals surface area contributed by atoms with Gasteiger partial charge in [0.15, 0.2) is 5.17 Å². The third-order valence-corrected chi connectivity index (χ3v) is 5.42. The molecule has 2 aromatic carbocycles. The van der Waals surface area contributed by atoms with Crippen molar-refractivity contribution in [3.8, 4) is 5.75 Å². The number of halogens is 1. The lowest BCUT2D eigenvalue weighted by Crippen LogP contribution is -2.31. The van der Waals surface area contributed by atoms with Gasteiger partial charge in [0.2, 0.25) is 11.8 Å². The zero-order chi connectivity index (χ0) is 20.1. The van der Waals surface area contributed by atoms with Crippen LogP contribution in [-0.2, 0) is 9.59 Å². The second-order valence-electron chi connectivity index (χ2n) is 5.96. The predicted octanol–water partition coefficient (Wildman–Crippen LogP) is 4.20. The Bertz CT molecular complexity index is 919. The lowest BCUT2D eigenvalue weighted by atomic mass is 10.3. The summed E-state index contributed by atoms with van der Waals surface area (Å²) >= 11 is 7.25. The summed E-state index contributed by atoms with van der Waals surface area (Å²) in [6.45, 7) is 2.45. The molecule has 1 N–H and O–H groups in total. The van der Waals surface area contributed by atoms with Crippen molar-refractivity contribution >= 4 is 51.7 Å². The lowest BCUT2D eigenvalue weighted by Gasteiger charge is -2.16. The van der Waals surface area contributed by atoms with Crippen LogP contribution in [0.5, 0.6) is 5.75 Å². The minimum Gasteiger partial charge on any atom is -0.495 e. The fraction of sp³-hybridized carbons (Fsp3) is 0.250. The van der Waals surface area contributed by atoms with Gasteiger partial charge in [0, 0.05) is 18.0 Å². The highest BCUT2D eigenvalue weighted by Gasteiger charge is 2.40. The van der Waals surface area contributed by atoms with Crippen LogP contribution in [0.3, 0.4) is 0 Å². The van der Waals surface area contributed by atoms with Crippen molar-refractivity contribution < 1.29 is 14.3 Å². The minimum atomic E-state index is -0.556. The van der Waals surface area contributed by atoms with Gasteiger partial charge in [0.1, 0.15) is 11.0 Å². The lowest BCUT2D eigenvalue weighted by molar-refractivity contribution is -0.121. The highest BCUT2D eigenvalue weighted by atomic mass is 35.5. The first-order chi connectivity index (χ1) is 13.5. The molecule has 0 bridgehead atoms. The molecule has 1 heterocycles. The van der Waals surface area contributed by atoms with Crippen LogP contribution in [0.2, 0.25) is 5.02 Å². The number of amidine groups is 1. The van der Waals surface area contributed by atoms with Gasteiger partial charge < -0.3 is 10.1 Å². The van der Waals surface area contributed by atoms with Gasteiger partial charge in [0.05, 0.1) is 18.5 Å². The molecular weight excluding hydrogens is 398 g/mol. The van der Waals surface area contributed by atoms with Crippen molar-refractivity contribution in [1.29, 1.82) is 0 Å². The number of imide groups is 1. The summed E-state index contributed by atoms with van der Waals surface area (Å²) in [6, 6.07) is 14.2. The van der Waals surface area contributed by atoms with E-state index in [1.807, 2.05) is 31.2 Å². The number of thioether (sulfide) groups is 1. The smallest absolute Gasteiger partial charge is 0.247 e. The van der Waals surface area contributed by atoms with Crippen LogP contribution in [0.15, 0.2) is 53.5 Å². The number of carbonyl (C=O) groups is 2. The molecule has 0 aliphatic carbocycles. The van der Waals surface area contributed by atoms with Gasteiger partial charge in [-0.25, -0.2) is 4.90 Å². The van der Waals surface area contributed by atoms with Crippen LogP contribution in [0.25, 0.3) is 0 Å². The van der Waals surface area contributed by atoms with E-state index in [-0.39, 0.29) is 18.2 Å². The Kier molecular flexibility index (Phi) is 6.59. The summed E-state index contributed by atoms with van der Waals surface area (Å²) in [4.78, 5) is 31.0. The molecule has 0 radical (unpaired) electrons. The first-order valence-electron chi connectivity index (χ1n) is 8.77. The van der Waals surface area contributed by atoms with Gasteiger partial charge in [0.25, 0.3) is 0 Å². The standard InChI is InChI=1S/C20H20ClN3O3S/c1-3-22-20(23-15-9-4-5-10-16(15)27-2)28-17-12-18(25)24(19(17)26)14-8-6-7-13(21)11-14/h4-11,17H,3,12H2,1-2H3,(H,22,23). The highest BCUT2D eigenvalue weighted by molar-refractivity contribution is 8.15. The van der Waals surface area contributed by atoms with Crippen molar-refractivity contribution in [1.82, 2.24) is 0 Å². The molecule has 1 unspecified atom stereocenters. The second-order valence-corrected chi connectivity index (χ2v) is 7.59. The first kappa shape index (κ1) is 20.2. The van der Waals surface area contributed by atoms with Crippen LogP contribution in [0, 0.1) is 0 Å². The first-order valence-corrected chi connectivity index (χ1v) is 10.0. The molecule has 0 saturated carbocycles. The number of amides is 2. The van der Waals surface area contributed by atoms with E-state index in [0.717, 1.165) is 5.69 Å². The molecule has 2 aromatic rings. The molecule has 1 atom stereocenters. The Morgan fingerprint density at radius 3 is 2.79 bits per heavy atom. The van der Waals surface area contributed by atoms with Crippen molar-refractivity contribution in [2.24, 2.45) is 4.99 Å². The number of hydrogen-bond acceptors (Lipinski definition) is 5. The summed E-state index contributed by atoms with van der Waals surface area (Å²) in [5.41, 5.74) is 1.23. The number of rotatable bonds is 5. The van der Waals surface area contributed by atoms with E-state index in [4.69, 9.17) is 16.3 Å². The van der Waals surface area contributed by atoms with E-state index in [1.54, 1.807) is 31.4 Å². The van der Waals surface area contributed by atoms with Gasteiger partial charge in [-0.2, -0.15) is 0 Å². The van der Waals surface area contributed by atoms with Crippen molar-refractivity contribution in [2.75, 3.05) is 23.9 Å². The average Bonchev–Trinajstić information content (AvgIpc) is 2.95. The number of aliphatic imine (C=N–C) groups is 1. The van der Waals surface area contributed by atoms with E-state index >= 15 is 0 Å². The number of carbonyl (C=O) groups excluding carboxylic acids is 2. The average molecular weight is 418 g/mol. The summed E-state index contributed by atoms with van der Waals surface area (Å²) in [5.74, 6) is 0.141. The van der Waals surface area contributed by atoms with Gasteiger partial charge in [-0.1, -0.05) is 41.6 Å². The Balaban J connectivity index is 1.78. The quantitative estimate of drug-likeness (QED) is 0.448. The number of anilines is 2. The number of nitrogens with one attached hydrogen (secondary N) is 1. The van der Waals surface area contributed by atoms with Crippen LogP contribution in [-0.4, -0.2) is 35.9 Å². The number of nitrogens with zero attached hydrogens (tertiary/aromatic N) is 2. The monoisotopic (exact) mass is 417 g/mol. The van der Waals surface area contributed by atoms with E-state index in [2.05, 4.69) is 10.3 Å². The zero-order valence-electron chi connectivity index (χ0n) is 15.5. The third kappa shape index (κ3) is 4.48. The number of hydrogen-bond donors (Lipinski definition) is 1. The fourth-order valence-electron chi connectivity index (χ4n) is 2.83. The Morgan fingerprint density at radius 1 is 1.29 bits per heavy atom. The SMILES string of the molecule is CCN=C(Nc1ccccc1OC)SC1CC(=O)N(c2cccc(Cl)c2)C1=O. The van der Waals surface area contributed by atoms with Crippen LogP contribution >= 0.6 is 23.4 Å². The zero-order valence-corrected chi connectivity index (χ0v) is 17.1. The maximum atomic E-state index is 12.9. The molecule has 3 rings (SSSR count). The molecule has 1 aliphatic rings. The number of benzene rings is 2. The Labute approximate surface area is 172 Å². The van der Waals surface area contributed by atoms with E-state index < -0.39 is 5.25 Å². The van der Waals surface area contributed by atoms with Crippen LogP contribution in [0.4, 0.5) is 11.4 Å². The summed E-state index contributed by atoms with van der Waals surface area (Å²) in [5, 5.41) is 3.69. The normalized spacial score (nSPS) is 17.2. The maximum Gasteiger partial charge on any atom is 0.247 e. The maximum absolute atomic E-state index is 12.9. The topological polar surface area (TPSA) is 71.0 Å². The van der Waals surface area contributed by atoms with E-state index in [0.29, 0.717) is 28.2 Å². The summed E-state index contributed by atoms with van der Waals surface area (Å²) in [7, 11) is 1.59. The molecule has 1 saturated heterocycles. The molecule has 0 aromatic heterocycles. The van der Waals surface area contributed by atoms with Crippen molar-refractivity contribution in [3.05, 3.63) is 53.6 Å². The van der Waals surface area contributed by atoms with Gasteiger partial charge in [-0.15, -0.1) is 0 Å². The third-order valence-electron chi connectivity index (χ3n) is 4.08. The fourth-order valence-corrected chi connectivity index (χ4v) is 4.09. The second kappa shape index (κ2) is 9.12. The Hall–Kier alpha value is -2.51. The molecule has 0 spiro atoms. The van der Waals surface area contributed by atoms with E-state index in [9.17, 15) is 9.59 Å². The molecule has 8 heteroatoms. The minimum absolute atomic E-state index is 0.104. The number of methoxy groups -OCH3 is 1. The molecule has 1 aliphatic heterocycles. The Morgan fingerprint density at radius 2 is 2.07 bits per heavy atom. The van der Waals surface area contributed by atoms with Gasteiger partial charge in [-0.05, 0) is 37.3 Å². The predicted molar refractivity (Wildman–Crippen MR) is 115 cm³/mol. The van der Waals surface area contributed by atoms with Crippen LogP contribution in [0.1, 0.15) is 13.3 Å². The molecule has 6 nitrogen and oxygen atoms in total. The van der Waals surface area contributed by atoms with Crippen LogP contribution < -0.4 is 15.0 Å². The molecular formula is C20H20ClN3O3S. The molecule has 146 valence electrons. The van der Waals surface area contributed by atoms with Gasteiger partial charge >= 0.3 is 0 Å². The van der Waals surface area contributed by atoms with Crippen molar-refractivity contribution in [3.63, 3.8) is 0 Å². The number of para-hydroxylation sites is 2. The summed E-state index contributed by atoms with van der Waals surface area (Å²) < 4.78 is 5.35. The van der Waals surface area contributed by atoms with E-state index in [1.165, 1.54) is 16.7 Å². The largest absolute Gasteiger partial charge is 0.495 e. The molecule has 2 amide bonds. The van der Waals surface area contributed by atoms with Crippen molar-refractivity contribution in [2.45, 2.75) is 18.6 Å². The highest BCUT2D eigenvalue weighted by Crippen LogP contribution is 2.32. The molecule has 1 fully saturated rings. The molecule has 28 heavy (non-hydrogen) atoms.